The average Bonchev–Trinajstić information content (AvgIpc) is 2.92. The number of rotatable bonds is 4. The molecule has 0 radical (unpaired) electrons. The molecular formula is C16H21N3OS. The quantitative estimate of drug-likeness (QED) is 0.908. The highest BCUT2D eigenvalue weighted by molar-refractivity contribution is 7.13. The first kappa shape index (κ1) is 15.7. The summed E-state index contributed by atoms with van der Waals surface area (Å²) in [6.45, 7) is 7.43. The molecule has 3 N–H and O–H groups in total. The van der Waals surface area contributed by atoms with Crippen LogP contribution in [0.4, 0.5) is 5.69 Å². The summed E-state index contributed by atoms with van der Waals surface area (Å²) in [6, 6.07) is 7.67. The molecule has 0 unspecified atom stereocenters. The molecule has 0 bridgehead atoms. The van der Waals surface area contributed by atoms with Gasteiger partial charge < -0.3 is 11.1 Å². The summed E-state index contributed by atoms with van der Waals surface area (Å²) in [4.78, 5) is 16.7. The molecule has 0 spiro atoms. The fourth-order valence-corrected chi connectivity index (χ4v) is 2.29. The maximum atomic E-state index is 12.4. The number of carbonyl (C=O) groups excluding carboxylic acids is 1. The van der Waals surface area contributed by atoms with E-state index in [0.29, 0.717) is 0 Å². The number of hydrogen-bond donors (Lipinski definition) is 2. The molecule has 1 amide bonds. The molecule has 0 fully saturated rings. The van der Waals surface area contributed by atoms with Gasteiger partial charge in [-0.1, -0.05) is 0 Å². The molecule has 1 aromatic carbocycles. The number of anilines is 1. The lowest BCUT2D eigenvalue weighted by Crippen LogP contribution is -2.53. The van der Waals surface area contributed by atoms with Crippen molar-refractivity contribution in [3.05, 3.63) is 35.8 Å². The van der Waals surface area contributed by atoms with Crippen molar-refractivity contribution >= 4 is 22.9 Å². The lowest BCUT2D eigenvalue weighted by molar-refractivity contribution is -0.126. The van der Waals surface area contributed by atoms with Gasteiger partial charge >= 0.3 is 0 Å². The monoisotopic (exact) mass is 303 g/mol. The lowest BCUT2D eigenvalue weighted by atomic mass is 9.74. The number of hydrogen-bond acceptors (Lipinski definition) is 4. The van der Waals surface area contributed by atoms with Crippen molar-refractivity contribution in [2.75, 3.05) is 5.32 Å². The van der Waals surface area contributed by atoms with E-state index in [-0.39, 0.29) is 5.91 Å². The van der Waals surface area contributed by atoms with Crippen LogP contribution < -0.4 is 11.1 Å². The zero-order chi connectivity index (χ0) is 15.7. The summed E-state index contributed by atoms with van der Waals surface area (Å²) in [5.41, 5.74) is 6.63. The third-order valence-corrected chi connectivity index (χ3v) is 4.82. The van der Waals surface area contributed by atoms with Gasteiger partial charge in [-0.2, -0.15) is 0 Å². The van der Waals surface area contributed by atoms with Crippen LogP contribution in [0.25, 0.3) is 10.6 Å². The molecule has 0 aliphatic carbocycles. The zero-order valence-electron chi connectivity index (χ0n) is 12.8. The molecule has 0 atom stereocenters. The number of benzene rings is 1. The van der Waals surface area contributed by atoms with E-state index in [2.05, 4.69) is 10.3 Å². The van der Waals surface area contributed by atoms with E-state index in [4.69, 9.17) is 5.73 Å². The molecule has 0 aliphatic rings. The number of amides is 1. The minimum Gasteiger partial charge on any atom is -0.326 e. The van der Waals surface area contributed by atoms with Crippen molar-refractivity contribution in [1.82, 2.24) is 4.98 Å². The van der Waals surface area contributed by atoms with Crippen LogP contribution in [-0.2, 0) is 4.79 Å². The van der Waals surface area contributed by atoms with Gasteiger partial charge in [-0.25, -0.2) is 4.98 Å². The molecule has 4 nitrogen and oxygen atoms in total. The van der Waals surface area contributed by atoms with Gasteiger partial charge in [-0.05, 0) is 52.0 Å². The van der Waals surface area contributed by atoms with Crippen molar-refractivity contribution in [2.45, 2.75) is 33.2 Å². The Morgan fingerprint density at radius 3 is 2.29 bits per heavy atom. The predicted octanol–water partition coefficient (Wildman–Crippen LogP) is 3.51. The maximum Gasteiger partial charge on any atom is 0.231 e. The van der Waals surface area contributed by atoms with Crippen molar-refractivity contribution in [3.8, 4) is 10.6 Å². The van der Waals surface area contributed by atoms with Crippen LogP contribution >= 0.6 is 11.3 Å². The van der Waals surface area contributed by atoms with Crippen molar-refractivity contribution < 1.29 is 4.79 Å². The van der Waals surface area contributed by atoms with Crippen LogP contribution in [0, 0.1) is 5.41 Å². The summed E-state index contributed by atoms with van der Waals surface area (Å²) in [5.74, 6) is -0.0861. The van der Waals surface area contributed by atoms with Crippen LogP contribution in [0.1, 0.15) is 27.7 Å². The highest BCUT2D eigenvalue weighted by atomic mass is 32.1. The van der Waals surface area contributed by atoms with Crippen LogP contribution in [0.5, 0.6) is 0 Å². The second-order valence-electron chi connectivity index (χ2n) is 6.22. The number of nitrogens with two attached hydrogens (primary N) is 1. The first-order chi connectivity index (χ1) is 9.72. The van der Waals surface area contributed by atoms with Gasteiger partial charge in [0.1, 0.15) is 5.01 Å². The van der Waals surface area contributed by atoms with Gasteiger partial charge in [0.2, 0.25) is 5.91 Å². The van der Waals surface area contributed by atoms with Crippen LogP contribution in [0.2, 0.25) is 0 Å². The predicted molar refractivity (Wildman–Crippen MR) is 88.2 cm³/mol. The highest BCUT2D eigenvalue weighted by Gasteiger charge is 2.40. The van der Waals surface area contributed by atoms with E-state index in [0.717, 1.165) is 16.3 Å². The molecule has 0 aliphatic heterocycles. The van der Waals surface area contributed by atoms with E-state index in [1.54, 1.807) is 17.5 Å². The van der Waals surface area contributed by atoms with Gasteiger partial charge in [-0.3, -0.25) is 4.79 Å². The third kappa shape index (κ3) is 3.31. The van der Waals surface area contributed by atoms with Gasteiger partial charge in [0.25, 0.3) is 0 Å². The van der Waals surface area contributed by atoms with E-state index in [9.17, 15) is 4.79 Å². The summed E-state index contributed by atoms with van der Waals surface area (Å²) < 4.78 is 0. The Kier molecular flexibility index (Phi) is 4.16. The molecule has 1 heterocycles. The molecule has 21 heavy (non-hydrogen) atoms. The Bertz CT molecular complexity index is 610. The van der Waals surface area contributed by atoms with Crippen molar-refractivity contribution in [2.24, 2.45) is 11.1 Å². The first-order valence-electron chi connectivity index (χ1n) is 6.82. The molecule has 0 saturated heterocycles. The standard InChI is InChI=1S/C16H21N3OS/c1-15(2,16(3,4)17)14(20)19-12-7-5-11(6-8-12)13-18-9-10-21-13/h5-10H,17H2,1-4H3,(H,19,20). The Hall–Kier alpha value is -1.72. The first-order valence-corrected chi connectivity index (χ1v) is 7.70. The van der Waals surface area contributed by atoms with E-state index in [1.165, 1.54) is 0 Å². The zero-order valence-corrected chi connectivity index (χ0v) is 13.6. The molecule has 112 valence electrons. The Labute approximate surface area is 129 Å². The van der Waals surface area contributed by atoms with Crippen LogP contribution in [-0.4, -0.2) is 16.4 Å². The lowest BCUT2D eigenvalue weighted by Gasteiger charge is -2.36. The number of nitrogens with zero attached hydrogens (tertiary/aromatic N) is 1. The number of nitrogens with one attached hydrogen (secondary N) is 1. The summed E-state index contributed by atoms with van der Waals surface area (Å²) >= 11 is 1.59. The SMILES string of the molecule is CC(C)(N)C(C)(C)C(=O)Nc1ccc(-c2nccs2)cc1. The van der Waals surface area contributed by atoms with Gasteiger partial charge in [0.05, 0.1) is 5.41 Å². The van der Waals surface area contributed by atoms with Gasteiger partial charge in [-0.15, -0.1) is 11.3 Å². The van der Waals surface area contributed by atoms with Crippen molar-refractivity contribution in [1.29, 1.82) is 0 Å². The highest BCUT2D eigenvalue weighted by Crippen LogP contribution is 2.30. The molecule has 5 heteroatoms. The minimum absolute atomic E-state index is 0.0861. The summed E-state index contributed by atoms with van der Waals surface area (Å²) in [5, 5.41) is 5.84. The minimum atomic E-state index is -0.666. The van der Waals surface area contributed by atoms with Gasteiger partial charge in [0.15, 0.2) is 0 Å². The smallest absolute Gasteiger partial charge is 0.231 e. The molecule has 0 saturated carbocycles. The summed E-state index contributed by atoms with van der Waals surface area (Å²) in [6.07, 6.45) is 1.78. The third-order valence-electron chi connectivity index (χ3n) is 4.00. The van der Waals surface area contributed by atoms with Gasteiger partial charge in [0, 0.05) is 28.4 Å². The van der Waals surface area contributed by atoms with Crippen molar-refractivity contribution in [3.63, 3.8) is 0 Å². The second-order valence-corrected chi connectivity index (χ2v) is 7.11. The normalized spacial score (nSPS) is 12.2. The fourth-order valence-electron chi connectivity index (χ4n) is 1.64. The Balaban J connectivity index is 2.12. The topological polar surface area (TPSA) is 68.0 Å². The number of carbonyl (C=O) groups is 1. The number of aromatic nitrogens is 1. The Morgan fingerprint density at radius 2 is 1.81 bits per heavy atom. The number of thiazole rings is 1. The Morgan fingerprint density at radius 1 is 1.19 bits per heavy atom. The van der Waals surface area contributed by atoms with E-state index < -0.39 is 11.0 Å². The molecular weight excluding hydrogens is 282 g/mol. The fraction of sp³-hybridized carbons (Fsp3) is 0.375. The van der Waals surface area contributed by atoms with Crippen LogP contribution in [0.15, 0.2) is 35.8 Å². The average molecular weight is 303 g/mol. The molecule has 2 rings (SSSR count). The molecule has 2 aromatic rings. The largest absolute Gasteiger partial charge is 0.326 e. The maximum absolute atomic E-state index is 12.4. The van der Waals surface area contributed by atoms with Crippen LogP contribution in [0.3, 0.4) is 0 Å². The molecule has 1 aromatic heterocycles. The van der Waals surface area contributed by atoms with E-state index in [1.807, 2.05) is 57.3 Å². The van der Waals surface area contributed by atoms with E-state index >= 15 is 0 Å². The summed E-state index contributed by atoms with van der Waals surface area (Å²) in [7, 11) is 0. The second kappa shape index (κ2) is 5.58.